The van der Waals surface area contributed by atoms with E-state index >= 15 is 0 Å². The molecule has 1 amide bonds. The first-order chi connectivity index (χ1) is 15.7. The van der Waals surface area contributed by atoms with Gasteiger partial charge in [0.25, 0.3) is 15.9 Å². The fourth-order valence-electron chi connectivity index (χ4n) is 3.12. The fourth-order valence-corrected chi connectivity index (χ4v) is 4.32. The molecule has 9 heteroatoms. The van der Waals surface area contributed by atoms with Crippen molar-refractivity contribution >= 4 is 21.6 Å². The fraction of sp³-hybridized carbons (Fsp3) is 0.458. The first-order valence-corrected chi connectivity index (χ1v) is 12.3. The number of rotatable bonds is 13. The predicted molar refractivity (Wildman–Crippen MR) is 128 cm³/mol. The summed E-state index contributed by atoms with van der Waals surface area (Å²) in [5.41, 5.74) is 0.476. The molecule has 0 unspecified atom stereocenters. The van der Waals surface area contributed by atoms with E-state index in [-0.39, 0.29) is 17.4 Å². The zero-order chi connectivity index (χ0) is 24.4. The molecule has 0 aliphatic heterocycles. The molecule has 0 aromatic heterocycles. The van der Waals surface area contributed by atoms with E-state index in [0.29, 0.717) is 49.4 Å². The molecule has 0 fully saturated rings. The van der Waals surface area contributed by atoms with Crippen molar-refractivity contribution in [1.29, 1.82) is 0 Å². The van der Waals surface area contributed by atoms with Gasteiger partial charge in [-0.3, -0.25) is 9.10 Å². The van der Waals surface area contributed by atoms with Crippen molar-refractivity contribution in [3.8, 4) is 11.5 Å². The normalized spacial score (nSPS) is 11.3. The Labute approximate surface area is 197 Å². The Kier molecular flexibility index (Phi) is 9.99. The van der Waals surface area contributed by atoms with Crippen molar-refractivity contribution in [1.82, 2.24) is 4.90 Å². The van der Waals surface area contributed by atoms with Crippen LogP contribution in [0.2, 0.25) is 0 Å². The van der Waals surface area contributed by atoms with Gasteiger partial charge in [0.15, 0.2) is 6.61 Å². The van der Waals surface area contributed by atoms with E-state index in [1.165, 1.54) is 23.5 Å². The molecular formula is C24H34N2O6S. The standard InChI is InChI=1S/C24H34N2O6S/c1-6-31-21-11-13-23(14-12-21)33(28,29)25(4)20-7-9-22(10-8-20)32-18-24(27)26(15-16-30-5)17-19(2)3/h7-14,19H,6,15-18H2,1-5H3. The van der Waals surface area contributed by atoms with Crippen LogP contribution in [0.25, 0.3) is 0 Å². The number of carbonyl (C=O) groups excluding carboxylic acids is 1. The van der Waals surface area contributed by atoms with Gasteiger partial charge in [0.05, 0.1) is 23.8 Å². The lowest BCUT2D eigenvalue weighted by Gasteiger charge is -2.24. The molecule has 2 aromatic rings. The van der Waals surface area contributed by atoms with Crippen LogP contribution >= 0.6 is 0 Å². The molecule has 0 atom stereocenters. The highest BCUT2D eigenvalue weighted by atomic mass is 32.2. The molecule has 2 aromatic carbocycles. The second-order valence-corrected chi connectivity index (χ2v) is 9.86. The van der Waals surface area contributed by atoms with Crippen LogP contribution in [0.5, 0.6) is 11.5 Å². The number of carbonyl (C=O) groups is 1. The number of hydrogen-bond acceptors (Lipinski definition) is 6. The van der Waals surface area contributed by atoms with Crippen LogP contribution in [0, 0.1) is 5.92 Å². The van der Waals surface area contributed by atoms with E-state index in [4.69, 9.17) is 14.2 Å². The van der Waals surface area contributed by atoms with Crippen LogP contribution in [0.1, 0.15) is 20.8 Å². The molecule has 0 spiro atoms. The van der Waals surface area contributed by atoms with Crippen molar-refractivity contribution in [2.24, 2.45) is 5.92 Å². The molecule has 0 saturated heterocycles. The van der Waals surface area contributed by atoms with Gasteiger partial charge in [0, 0.05) is 27.2 Å². The summed E-state index contributed by atoms with van der Waals surface area (Å²) in [4.78, 5) is 14.4. The Balaban J connectivity index is 2.02. The largest absolute Gasteiger partial charge is 0.494 e. The number of benzene rings is 2. The van der Waals surface area contributed by atoms with Crippen LogP contribution in [0.3, 0.4) is 0 Å². The maximum atomic E-state index is 12.9. The molecule has 33 heavy (non-hydrogen) atoms. The lowest BCUT2D eigenvalue weighted by Crippen LogP contribution is -2.39. The zero-order valence-corrected chi connectivity index (χ0v) is 20.8. The first kappa shape index (κ1) is 26.5. The Morgan fingerprint density at radius 3 is 2.09 bits per heavy atom. The summed E-state index contributed by atoms with van der Waals surface area (Å²) < 4.78 is 43.2. The van der Waals surface area contributed by atoms with Gasteiger partial charge in [-0.05, 0) is 61.4 Å². The Morgan fingerprint density at radius 1 is 0.970 bits per heavy atom. The number of amides is 1. The lowest BCUT2D eigenvalue weighted by molar-refractivity contribution is -0.134. The zero-order valence-electron chi connectivity index (χ0n) is 20.0. The average Bonchev–Trinajstić information content (AvgIpc) is 2.80. The van der Waals surface area contributed by atoms with Crippen LogP contribution < -0.4 is 13.8 Å². The van der Waals surface area contributed by atoms with Gasteiger partial charge in [-0.1, -0.05) is 13.8 Å². The van der Waals surface area contributed by atoms with Crippen molar-refractivity contribution in [3.05, 3.63) is 48.5 Å². The van der Waals surface area contributed by atoms with Gasteiger partial charge < -0.3 is 19.1 Å². The molecule has 0 saturated carbocycles. The summed E-state index contributed by atoms with van der Waals surface area (Å²) in [5, 5.41) is 0. The van der Waals surface area contributed by atoms with Crippen molar-refractivity contribution in [3.63, 3.8) is 0 Å². The quantitative estimate of drug-likeness (QED) is 0.439. The van der Waals surface area contributed by atoms with E-state index in [2.05, 4.69) is 0 Å². The topological polar surface area (TPSA) is 85.4 Å². The average molecular weight is 479 g/mol. The minimum Gasteiger partial charge on any atom is -0.494 e. The molecule has 0 aliphatic carbocycles. The second-order valence-electron chi connectivity index (χ2n) is 7.89. The lowest BCUT2D eigenvalue weighted by atomic mass is 10.2. The van der Waals surface area contributed by atoms with Gasteiger partial charge in [0.2, 0.25) is 0 Å². The van der Waals surface area contributed by atoms with Gasteiger partial charge in [-0.15, -0.1) is 0 Å². The monoisotopic (exact) mass is 478 g/mol. The summed E-state index contributed by atoms with van der Waals surface area (Å²) in [6.45, 7) is 7.95. The number of ether oxygens (including phenoxy) is 3. The third-order valence-corrected chi connectivity index (χ3v) is 6.66. The highest BCUT2D eigenvalue weighted by molar-refractivity contribution is 7.92. The van der Waals surface area contributed by atoms with Gasteiger partial charge in [-0.2, -0.15) is 0 Å². The first-order valence-electron chi connectivity index (χ1n) is 10.9. The number of sulfonamides is 1. The van der Waals surface area contributed by atoms with Crippen LogP contribution in [0.15, 0.2) is 53.4 Å². The number of hydrogen-bond donors (Lipinski definition) is 0. The number of anilines is 1. The second kappa shape index (κ2) is 12.5. The van der Waals surface area contributed by atoms with E-state index in [0.717, 1.165) is 0 Å². The van der Waals surface area contributed by atoms with Gasteiger partial charge >= 0.3 is 0 Å². The molecule has 0 N–H and O–H groups in total. The molecular weight excluding hydrogens is 444 g/mol. The van der Waals surface area contributed by atoms with Crippen molar-refractivity contribution < 1.29 is 27.4 Å². The van der Waals surface area contributed by atoms with Crippen LogP contribution in [-0.2, 0) is 19.6 Å². The maximum absolute atomic E-state index is 12.9. The SMILES string of the molecule is CCOc1ccc(S(=O)(=O)N(C)c2ccc(OCC(=O)N(CCOC)CC(C)C)cc2)cc1. The third-order valence-electron chi connectivity index (χ3n) is 4.86. The molecule has 0 radical (unpaired) electrons. The van der Waals surface area contributed by atoms with E-state index in [1.54, 1.807) is 48.4 Å². The molecule has 8 nitrogen and oxygen atoms in total. The summed E-state index contributed by atoms with van der Waals surface area (Å²) in [7, 11) is -0.638. The smallest absolute Gasteiger partial charge is 0.264 e. The van der Waals surface area contributed by atoms with Crippen LogP contribution in [-0.4, -0.2) is 66.3 Å². The predicted octanol–water partition coefficient (Wildman–Crippen LogP) is 3.42. The Bertz CT molecular complexity index is 975. The highest BCUT2D eigenvalue weighted by Crippen LogP contribution is 2.25. The van der Waals surface area contributed by atoms with Crippen molar-refractivity contribution in [2.45, 2.75) is 25.7 Å². The molecule has 0 aliphatic rings. The minimum absolute atomic E-state index is 0.101. The molecule has 0 heterocycles. The summed E-state index contributed by atoms with van der Waals surface area (Å²) in [5.74, 6) is 1.30. The maximum Gasteiger partial charge on any atom is 0.264 e. The number of methoxy groups -OCH3 is 1. The Hall–Kier alpha value is -2.78. The summed E-state index contributed by atoms with van der Waals surface area (Å²) in [6.07, 6.45) is 0. The molecule has 2 rings (SSSR count). The molecule has 182 valence electrons. The summed E-state index contributed by atoms with van der Waals surface area (Å²) in [6, 6.07) is 12.9. The van der Waals surface area contributed by atoms with Gasteiger partial charge in [-0.25, -0.2) is 8.42 Å². The molecule has 0 bridgehead atoms. The Morgan fingerprint density at radius 2 is 1.55 bits per heavy atom. The van der Waals surface area contributed by atoms with E-state index in [9.17, 15) is 13.2 Å². The summed E-state index contributed by atoms with van der Waals surface area (Å²) >= 11 is 0. The minimum atomic E-state index is -3.73. The van der Waals surface area contributed by atoms with Gasteiger partial charge in [0.1, 0.15) is 11.5 Å². The van der Waals surface area contributed by atoms with Crippen LogP contribution in [0.4, 0.5) is 5.69 Å². The van der Waals surface area contributed by atoms with E-state index in [1.807, 2.05) is 20.8 Å². The van der Waals surface area contributed by atoms with E-state index < -0.39 is 10.0 Å². The highest BCUT2D eigenvalue weighted by Gasteiger charge is 2.21. The van der Waals surface area contributed by atoms with Crippen molar-refractivity contribution in [2.75, 3.05) is 51.4 Å². The number of nitrogens with zero attached hydrogens (tertiary/aromatic N) is 2. The third kappa shape index (κ3) is 7.64.